The molecule has 1 atom stereocenters. The van der Waals surface area contributed by atoms with Gasteiger partial charge < -0.3 is 14.8 Å². The Balaban J connectivity index is 1.44. The van der Waals surface area contributed by atoms with E-state index in [1.807, 2.05) is 0 Å². The highest BCUT2D eigenvalue weighted by atomic mass is 32.2. The van der Waals surface area contributed by atoms with E-state index in [0.717, 1.165) is 4.31 Å². The molecule has 0 radical (unpaired) electrons. The highest BCUT2D eigenvalue weighted by Crippen LogP contribution is 2.21. The van der Waals surface area contributed by atoms with Crippen LogP contribution in [-0.2, 0) is 29.8 Å². The third kappa shape index (κ3) is 6.43. The number of sulfonamides is 1. The van der Waals surface area contributed by atoms with Gasteiger partial charge in [0, 0.05) is 40.3 Å². The Kier molecular flexibility index (Phi) is 8.70. The van der Waals surface area contributed by atoms with Crippen LogP contribution >= 0.6 is 0 Å². The summed E-state index contributed by atoms with van der Waals surface area (Å²) in [5, 5.41) is 2.79. The summed E-state index contributed by atoms with van der Waals surface area (Å²) in [5.41, 5.74) is 0. The van der Waals surface area contributed by atoms with Gasteiger partial charge in [-0.15, -0.1) is 0 Å². The fourth-order valence-corrected chi connectivity index (χ4v) is 6.33. The molecule has 1 aromatic carbocycles. The van der Waals surface area contributed by atoms with Gasteiger partial charge in [-0.3, -0.25) is 4.79 Å². The number of nitrogens with one attached hydrogen (secondary N) is 1. The fraction of sp³-hybridized carbons (Fsp3) is 0.650. The fourth-order valence-electron chi connectivity index (χ4n) is 3.73. The van der Waals surface area contributed by atoms with Crippen LogP contribution in [0, 0.1) is 5.92 Å². The molecule has 3 rings (SSSR count). The van der Waals surface area contributed by atoms with Crippen molar-refractivity contribution in [3.8, 4) is 5.75 Å². The smallest absolute Gasteiger partial charge is 0.281 e. The topological polar surface area (TPSA) is 126 Å². The summed E-state index contributed by atoms with van der Waals surface area (Å²) in [6, 6.07) is 6.17. The highest BCUT2D eigenvalue weighted by molar-refractivity contribution is 7.89. The third-order valence-corrected chi connectivity index (χ3v) is 9.46. The van der Waals surface area contributed by atoms with Crippen LogP contribution in [0.5, 0.6) is 5.75 Å². The van der Waals surface area contributed by atoms with Crippen molar-refractivity contribution < 1.29 is 31.1 Å². The first-order chi connectivity index (χ1) is 15.6. The number of carbonyl (C=O) groups is 1. The Morgan fingerprint density at radius 2 is 1.76 bits per heavy atom. The Labute approximate surface area is 195 Å². The molecule has 0 unspecified atom stereocenters. The summed E-state index contributed by atoms with van der Waals surface area (Å²) in [6.07, 6.45) is 1.26. The van der Waals surface area contributed by atoms with Crippen LogP contribution in [0.1, 0.15) is 12.8 Å². The van der Waals surface area contributed by atoms with Crippen LogP contribution in [0.25, 0.3) is 0 Å². The molecule has 1 N–H and O–H groups in total. The normalized spacial score (nSPS) is 21.1. The summed E-state index contributed by atoms with van der Waals surface area (Å²) in [6.45, 7) is 2.46. The van der Waals surface area contributed by atoms with Gasteiger partial charge in [-0.1, -0.05) is 0 Å². The molecule has 0 saturated carbocycles. The second kappa shape index (κ2) is 11.1. The number of piperidine rings is 1. The van der Waals surface area contributed by atoms with Crippen molar-refractivity contribution in [1.29, 1.82) is 0 Å². The van der Waals surface area contributed by atoms with Gasteiger partial charge in [-0.05, 0) is 37.1 Å². The number of carbonyl (C=O) groups excluding carboxylic acids is 1. The lowest BCUT2D eigenvalue weighted by atomic mass is 9.99. The van der Waals surface area contributed by atoms with Gasteiger partial charge in [0.15, 0.2) is 0 Å². The van der Waals surface area contributed by atoms with Crippen LogP contribution in [0.3, 0.4) is 0 Å². The molecular weight excluding hydrogens is 472 g/mol. The summed E-state index contributed by atoms with van der Waals surface area (Å²) >= 11 is 0. The summed E-state index contributed by atoms with van der Waals surface area (Å²) < 4.78 is 64.6. The molecule has 13 heteroatoms. The summed E-state index contributed by atoms with van der Waals surface area (Å²) in [5.74, 6) is -0.117. The third-order valence-electron chi connectivity index (χ3n) is 5.64. The average molecular weight is 505 g/mol. The van der Waals surface area contributed by atoms with E-state index in [0.29, 0.717) is 51.4 Å². The van der Waals surface area contributed by atoms with Gasteiger partial charge in [0.1, 0.15) is 12.4 Å². The van der Waals surface area contributed by atoms with Crippen molar-refractivity contribution in [2.75, 3.05) is 66.6 Å². The van der Waals surface area contributed by atoms with Gasteiger partial charge >= 0.3 is 0 Å². The molecule has 1 amide bonds. The predicted molar refractivity (Wildman–Crippen MR) is 121 cm³/mol. The van der Waals surface area contributed by atoms with Gasteiger partial charge in [-0.2, -0.15) is 21.3 Å². The number of benzene rings is 1. The van der Waals surface area contributed by atoms with Crippen molar-refractivity contribution in [1.82, 2.24) is 18.2 Å². The molecule has 33 heavy (non-hydrogen) atoms. The monoisotopic (exact) mass is 504 g/mol. The number of rotatable bonds is 9. The number of hydrogen-bond acceptors (Lipinski definition) is 7. The van der Waals surface area contributed by atoms with Gasteiger partial charge in [0.25, 0.3) is 10.2 Å². The van der Waals surface area contributed by atoms with Gasteiger partial charge in [0.2, 0.25) is 15.9 Å². The van der Waals surface area contributed by atoms with E-state index >= 15 is 0 Å². The first-order valence-electron chi connectivity index (χ1n) is 10.9. The minimum atomic E-state index is -3.56. The minimum Gasteiger partial charge on any atom is -0.492 e. The van der Waals surface area contributed by atoms with Crippen molar-refractivity contribution in [3.63, 3.8) is 0 Å². The number of hydrogen-bond donors (Lipinski definition) is 1. The number of nitrogens with zero attached hydrogens (tertiary/aromatic N) is 3. The van der Waals surface area contributed by atoms with E-state index < -0.39 is 26.2 Å². The van der Waals surface area contributed by atoms with Gasteiger partial charge in [-0.25, -0.2) is 8.42 Å². The zero-order valence-electron chi connectivity index (χ0n) is 19.0. The molecule has 2 aliphatic rings. The predicted octanol–water partition coefficient (Wildman–Crippen LogP) is -0.279. The van der Waals surface area contributed by atoms with E-state index in [2.05, 4.69) is 5.32 Å². The lowest BCUT2D eigenvalue weighted by molar-refractivity contribution is -0.126. The number of morpholine rings is 1. The first kappa shape index (κ1) is 25.8. The molecule has 1 aromatic rings. The summed E-state index contributed by atoms with van der Waals surface area (Å²) in [4.78, 5) is 12.7. The molecule has 0 spiro atoms. The lowest BCUT2D eigenvalue weighted by Crippen LogP contribution is -2.49. The zero-order chi connectivity index (χ0) is 24.1. The quantitative estimate of drug-likeness (QED) is 0.459. The summed E-state index contributed by atoms with van der Waals surface area (Å²) in [7, 11) is -4.15. The van der Waals surface area contributed by atoms with Crippen molar-refractivity contribution in [3.05, 3.63) is 24.3 Å². The molecule has 2 saturated heterocycles. The lowest BCUT2D eigenvalue weighted by Gasteiger charge is -2.32. The molecule has 0 aliphatic carbocycles. The Morgan fingerprint density at radius 1 is 1.09 bits per heavy atom. The van der Waals surface area contributed by atoms with Crippen LogP contribution in [-0.4, -0.2) is 102 Å². The van der Waals surface area contributed by atoms with Gasteiger partial charge in [0.05, 0.1) is 30.6 Å². The standard InChI is InChI=1S/C20H32N4O7S2/c1-22(2)33(28,29)24-10-3-4-17(16-24)20(25)21-9-13-31-18-5-7-19(8-6-18)32(26,27)23-11-14-30-15-12-23/h5-8,17H,3-4,9-16H2,1-2H3,(H,21,25)/t17-/m1/s1. The van der Waals surface area contributed by atoms with Crippen LogP contribution in [0.15, 0.2) is 29.2 Å². The SMILES string of the molecule is CN(C)S(=O)(=O)N1CCC[C@@H](C(=O)NCCOc2ccc(S(=O)(=O)N3CCOCC3)cc2)C1. The highest BCUT2D eigenvalue weighted by Gasteiger charge is 2.33. The molecule has 0 aromatic heterocycles. The first-order valence-corrected chi connectivity index (χ1v) is 13.7. The Hall–Kier alpha value is -1.77. The van der Waals surface area contributed by atoms with E-state index in [4.69, 9.17) is 9.47 Å². The van der Waals surface area contributed by atoms with Crippen molar-refractivity contribution in [2.45, 2.75) is 17.7 Å². The maximum atomic E-state index is 12.6. The number of ether oxygens (including phenoxy) is 2. The largest absolute Gasteiger partial charge is 0.492 e. The van der Waals surface area contributed by atoms with Crippen molar-refractivity contribution >= 4 is 26.1 Å². The van der Waals surface area contributed by atoms with E-state index in [1.165, 1.54) is 34.8 Å². The van der Waals surface area contributed by atoms with Crippen LogP contribution < -0.4 is 10.1 Å². The van der Waals surface area contributed by atoms with E-state index in [9.17, 15) is 21.6 Å². The Morgan fingerprint density at radius 3 is 2.39 bits per heavy atom. The maximum Gasteiger partial charge on any atom is 0.281 e. The second-order valence-electron chi connectivity index (χ2n) is 8.11. The van der Waals surface area contributed by atoms with Crippen LogP contribution in [0.4, 0.5) is 0 Å². The average Bonchev–Trinajstić information content (AvgIpc) is 2.82. The number of amides is 1. The molecular formula is C20H32N4O7S2. The maximum absolute atomic E-state index is 12.6. The zero-order valence-corrected chi connectivity index (χ0v) is 20.6. The van der Waals surface area contributed by atoms with Crippen molar-refractivity contribution in [2.24, 2.45) is 5.92 Å². The minimum absolute atomic E-state index is 0.159. The molecule has 2 heterocycles. The molecule has 2 fully saturated rings. The molecule has 2 aliphatic heterocycles. The molecule has 11 nitrogen and oxygen atoms in total. The van der Waals surface area contributed by atoms with E-state index in [-0.39, 0.29) is 30.5 Å². The second-order valence-corrected chi connectivity index (χ2v) is 12.2. The molecule has 186 valence electrons. The molecule has 0 bridgehead atoms. The van der Waals surface area contributed by atoms with Crippen LogP contribution in [0.2, 0.25) is 0 Å². The van der Waals surface area contributed by atoms with E-state index in [1.54, 1.807) is 12.1 Å². The Bertz CT molecular complexity index is 1010.